The topological polar surface area (TPSA) is 97.1 Å². The van der Waals surface area contributed by atoms with Gasteiger partial charge in [-0.3, -0.25) is 19.4 Å². The molecule has 0 aromatic heterocycles. The molecule has 0 radical (unpaired) electrons. The summed E-state index contributed by atoms with van der Waals surface area (Å²) in [7, 11) is 4.32. The van der Waals surface area contributed by atoms with Crippen molar-refractivity contribution in [2.75, 3.05) is 51.6 Å². The first kappa shape index (κ1) is 42.8. The Kier molecular flexibility index (Phi) is 17.7. The van der Waals surface area contributed by atoms with Crippen molar-refractivity contribution in [2.24, 2.45) is 0 Å². The van der Waals surface area contributed by atoms with Crippen LogP contribution in [0.1, 0.15) is 57.5 Å². The lowest BCUT2D eigenvalue weighted by Crippen LogP contribution is -2.36. The zero-order valence-corrected chi connectivity index (χ0v) is 33.6. The molecule has 13 heteroatoms. The van der Waals surface area contributed by atoms with E-state index >= 15 is 0 Å². The molecular weight excluding hydrogens is 778 g/mol. The van der Waals surface area contributed by atoms with Crippen molar-refractivity contribution >= 4 is 80.5 Å². The van der Waals surface area contributed by atoms with Crippen LogP contribution >= 0.6 is 58.0 Å². The molecule has 8 nitrogen and oxygen atoms in total. The number of nitrogens with one attached hydrogen (secondary N) is 1. The van der Waals surface area contributed by atoms with Crippen molar-refractivity contribution in [2.45, 2.75) is 50.9 Å². The maximum atomic E-state index is 12.4. The summed E-state index contributed by atoms with van der Waals surface area (Å²) in [6, 6.07) is 26.6. The highest BCUT2D eigenvalue weighted by Gasteiger charge is 2.19. The second kappa shape index (κ2) is 21.9. The predicted octanol–water partition coefficient (Wildman–Crippen LogP) is 10.1. The lowest BCUT2D eigenvalue weighted by atomic mass is 10.1. The summed E-state index contributed by atoms with van der Waals surface area (Å²) in [5.74, 6) is -0.210. The van der Waals surface area contributed by atoms with E-state index in [0.717, 1.165) is 82.1 Å². The molecule has 3 N–H and O–H groups in total. The third-order valence-corrected chi connectivity index (χ3v) is 10.7. The first-order valence-electron chi connectivity index (χ1n) is 17.3. The molecule has 4 aromatic rings. The van der Waals surface area contributed by atoms with E-state index in [1.165, 1.54) is 23.8 Å². The Morgan fingerprint density at radius 1 is 0.660 bits per heavy atom. The van der Waals surface area contributed by atoms with Crippen molar-refractivity contribution in [3.8, 4) is 0 Å². The summed E-state index contributed by atoms with van der Waals surface area (Å²) in [4.78, 5) is 27.7. The summed E-state index contributed by atoms with van der Waals surface area (Å²) in [5, 5.41) is 3.92. The Balaban J connectivity index is 0.000000197. The molecule has 2 fully saturated rings. The maximum Gasteiger partial charge on any atom is 0.255 e. The van der Waals surface area contributed by atoms with Crippen LogP contribution in [0.4, 0.5) is 11.4 Å². The molecule has 53 heavy (non-hydrogen) atoms. The minimum atomic E-state index is -0.538. The van der Waals surface area contributed by atoms with Gasteiger partial charge in [0, 0.05) is 74.1 Å². The number of amides is 1. The fraction of sp³-hybridized carbons (Fsp3) is 0.350. The lowest BCUT2D eigenvalue weighted by Gasteiger charge is -2.31. The van der Waals surface area contributed by atoms with Gasteiger partial charge in [-0.05, 0) is 123 Å². The molecule has 0 unspecified atom stereocenters. The Morgan fingerprint density at radius 2 is 1.13 bits per heavy atom. The minimum absolute atomic E-state index is 0.210. The molecule has 6 rings (SSSR count). The predicted molar refractivity (Wildman–Crippen MR) is 219 cm³/mol. The Morgan fingerprint density at radius 3 is 1.62 bits per heavy atom. The minimum Gasteiger partial charge on any atom is -0.399 e. The van der Waals surface area contributed by atoms with Gasteiger partial charge in [0.25, 0.3) is 11.1 Å². The maximum absolute atomic E-state index is 12.4. The first-order valence-corrected chi connectivity index (χ1v) is 19.2. The van der Waals surface area contributed by atoms with Crippen molar-refractivity contribution in [1.29, 1.82) is 0 Å². The highest BCUT2D eigenvalue weighted by atomic mass is 35.5. The monoisotopic (exact) mass is 820 g/mol. The van der Waals surface area contributed by atoms with Gasteiger partial charge in [0.05, 0.1) is 20.1 Å². The van der Waals surface area contributed by atoms with Gasteiger partial charge in [-0.1, -0.05) is 70.7 Å². The van der Waals surface area contributed by atoms with Gasteiger partial charge >= 0.3 is 0 Å². The quantitative estimate of drug-likeness (QED) is 0.128. The van der Waals surface area contributed by atoms with Gasteiger partial charge in [-0.2, -0.15) is 0 Å². The van der Waals surface area contributed by atoms with E-state index in [9.17, 15) is 9.59 Å². The third kappa shape index (κ3) is 14.4. The van der Waals surface area contributed by atoms with Gasteiger partial charge < -0.3 is 20.5 Å². The SMILES string of the molecule is CN(Cc1cccc(N)c1)C1CCOCC1.CN(Cc1cccc(NC(=O)c2ccc(Cl)c(Cl)c2)c1)C1CCOCC1.O=C(Cl)c1ccc(Cl)c(Cl)c1. The Hall–Kier alpha value is -2.89. The third-order valence-electron chi connectivity index (χ3n) is 8.96. The van der Waals surface area contributed by atoms with Crippen LogP contribution in [0.5, 0.6) is 0 Å². The van der Waals surface area contributed by atoms with E-state index in [1.54, 1.807) is 18.2 Å². The van der Waals surface area contributed by atoms with E-state index in [-0.39, 0.29) is 5.91 Å². The molecular formula is C40H45Cl5N4O4. The summed E-state index contributed by atoms with van der Waals surface area (Å²) >= 11 is 28.3. The van der Waals surface area contributed by atoms with Crippen LogP contribution in [0.15, 0.2) is 84.9 Å². The molecule has 0 saturated carbocycles. The molecule has 2 saturated heterocycles. The molecule has 0 spiro atoms. The number of nitrogens with two attached hydrogens (primary N) is 1. The van der Waals surface area contributed by atoms with Crippen molar-refractivity contribution in [3.05, 3.63) is 127 Å². The molecule has 2 aliphatic rings. The second-order valence-corrected chi connectivity index (χ2v) is 14.9. The van der Waals surface area contributed by atoms with Crippen molar-refractivity contribution in [1.82, 2.24) is 9.80 Å². The van der Waals surface area contributed by atoms with Crippen LogP contribution in [0.3, 0.4) is 0 Å². The number of nitrogen functional groups attached to an aromatic ring is 1. The Bertz CT molecular complexity index is 1800. The molecule has 1 amide bonds. The number of ether oxygens (including phenoxy) is 2. The summed E-state index contributed by atoms with van der Waals surface area (Å²) < 4.78 is 10.8. The van der Waals surface area contributed by atoms with Gasteiger partial charge in [0.1, 0.15) is 0 Å². The molecule has 284 valence electrons. The van der Waals surface area contributed by atoms with E-state index in [2.05, 4.69) is 47.4 Å². The van der Waals surface area contributed by atoms with Gasteiger partial charge in [0.2, 0.25) is 0 Å². The van der Waals surface area contributed by atoms with Crippen molar-refractivity contribution in [3.63, 3.8) is 0 Å². The zero-order chi connectivity index (χ0) is 38.3. The fourth-order valence-electron chi connectivity index (χ4n) is 5.98. The number of hydrogen-bond acceptors (Lipinski definition) is 7. The van der Waals surface area contributed by atoms with Crippen molar-refractivity contribution < 1.29 is 19.1 Å². The molecule has 0 atom stereocenters. The molecule has 0 aliphatic carbocycles. The number of carbonyl (C=O) groups is 2. The number of benzene rings is 4. The van der Waals surface area contributed by atoms with Crippen LogP contribution < -0.4 is 11.1 Å². The average Bonchev–Trinajstić information content (AvgIpc) is 3.15. The number of rotatable bonds is 9. The summed E-state index contributed by atoms with van der Waals surface area (Å²) in [5.41, 5.74) is 10.7. The van der Waals surface area contributed by atoms with Gasteiger partial charge in [0.15, 0.2) is 0 Å². The first-order chi connectivity index (χ1) is 25.4. The molecule has 4 aromatic carbocycles. The van der Waals surface area contributed by atoms with Gasteiger partial charge in [-0.25, -0.2) is 0 Å². The van der Waals surface area contributed by atoms with Gasteiger partial charge in [-0.15, -0.1) is 0 Å². The van der Waals surface area contributed by atoms with Crippen LogP contribution in [-0.4, -0.2) is 73.6 Å². The zero-order valence-electron chi connectivity index (χ0n) is 29.8. The standard InChI is InChI=1S/C20H22Cl2N2O2.C13H20N2O.C7H3Cl3O/c1-24(17-7-9-26-10-8-17)13-14-3-2-4-16(11-14)23-20(25)15-5-6-18(21)19(22)12-15;1-15(13-5-7-16-8-6-13)10-11-3-2-4-12(14)9-11;8-5-2-1-4(7(10)11)3-6(5)9/h2-6,11-12,17H,7-10,13H2,1H3,(H,23,25);2-4,9,13H,5-8,10,14H2,1H3;1-3H. The van der Waals surface area contributed by atoms with E-state index < -0.39 is 5.24 Å². The molecule has 2 aliphatic heterocycles. The summed E-state index contributed by atoms with van der Waals surface area (Å²) in [6.07, 6.45) is 4.39. The van der Waals surface area contributed by atoms with E-state index in [1.807, 2.05) is 30.3 Å². The number of halogens is 5. The molecule has 0 bridgehead atoms. The highest BCUT2D eigenvalue weighted by molar-refractivity contribution is 6.67. The highest BCUT2D eigenvalue weighted by Crippen LogP contribution is 2.25. The smallest absolute Gasteiger partial charge is 0.255 e. The van der Waals surface area contributed by atoms with Crippen LogP contribution in [0.2, 0.25) is 20.1 Å². The molecule has 2 heterocycles. The van der Waals surface area contributed by atoms with Crippen LogP contribution in [0, 0.1) is 0 Å². The average molecular weight is 823 g/mol. The number of anilines is 2. The summed E-state index contributed by atoms with van der Waals surface area (Å²) in [6.45, 7) is 5.25. The second-order valence-electron chi connectivity index (χ2n) is 12.9. The Labute approximate surface area is 337 Å². The number of carbonyl (C=O) groups excluding carboxylic acids is 2. The number of nitrogens with zero attached hydrogens (tertiary/aromatic N) is 2. The normalized spacial score (nSPS) is 14.9. The van der Waals surface area contributed by atoms with E-state index in [4.69, 9.17) is 73.2 Å². The number of hydrogen-bond donors (Lipinski definition) is 2. The van der Waals surface area contributed by atoms with E-state index in [0.29, 0.717) is 43.3 Å². The lowest BCUT2D eigenvalue weighted by molar-refractivity contribution is 0.0406. The largest absolute Gasteiger partial charge is 0.399 e. The van der Waals surface area contributed by atoms with Crippen LogP contribution in [0.25, 0.3) is 0 Å². The fourth-order valence-corrected chi connectivity index (χ4v) is 6.70. The van der Waals surface area contributed by atoms with Crippen LogP contribution in [-0.2, 0) is 22.6 Å².